The normalized spacial score (nSPS) is 21.0. The fourth-order valence-corrected chi connectivity index (χ4v) is 5.42. The van der Waals surface area contributed by atoms with Crippen molar-refractivity contribution < 1.29 is 18.4 Å². The van der Waals surface area contributed by atoms with Crippen LogP contribution >= 0.6 is 22.9 Å². The van der Waals surface area contributed by atoms with Crippen LogP contribution < -0.4 is 16.0 Å². The van der Waals surface area contributed by atoms with Gasteiger partial charge in [-0.25, -0.2) is 8.78 Å². The molecule has 2 aromatic rings. The van der Waals surface area contributed by atoms with Crippen molar-refractivity contribution in [2.75, 3.05) is 5.32 Å². The predicted octanol–water partition coefficient (Wildman–Crippen LogP) is 5.48. The zero-order valence-electron chi connectivity index (χ0n) is 19.2. The summed E-state index contributed by atoms with van der Waals surface area (Å²) in [7, 11) is 0. The minimum Gasteiger partial charge on any atom is -0.376 e. The molecular formula is C24H29ClF2N4O2S. The maximum absolute atomic E-state index is 13.3. The monoisotopic (exact) mass is 510 g/mol. The van der Waals surface area contributed by atoms with Crippen molar-refractivity contribution >= 4 is 40.4 Å². The van der Waals surface area contributed by atoms with Gasteiger partial charge in [-0.2, -0.15) is 0 Å². The number of halogens is 3. The molecule has 3 atom stereocenters. The topological polar surface area (TPSA) is 83.1 Å². The molecule has 2 heterocycles. The van der Waals surface area contributed by atoms with Crippen molar-refractivity contribution in [3.05, 3.63) is 44.9 Å². The number of hydrogen-bond acceptors (Lipinski definition) is 5. The van der Waals surface area contributed by atoms with Crippen LogP contribution in [0.1, 0.15) is 71.7 Å². The summed E-state index contributed by atoms with van der Waals surface area (Å²) in [6, 6.07) is 3.33. The van der Waals surface area contributed by atoms with Gasteiger partial charge in [-0.3, -0.25) is 14.6 Å². The summed E-state index contributed by atoms with van der Waals surface area (Å²) < 4.78 is 26.6. The number of thiophene rings is 1. The first-order valence-electron chi connectivity index (χ1n) is 11.6. The quantitative estimate of drug-likeness (QED) is 0.417. The van der Waals surface area contributed by atoms with Crippen molar-refractivity contribution in [3.8, 4) is 0 Å². The van der Waals surface area contributed by atoms with Gasteiger partial charge in [0, 0.05) is 17.5 Å². The minimum atomic E-state index is -2.85. The van der Waals surface area contributed by atoms with E-state index in [-0.39, 0.29) is 18.4 Å². The van der Waals surface area contributed by atoms with Gasteiger partial charge in [-0.15, -0.1) is 11.3 Å². The van der Waals surface area contributed by atoms with E-state index in [4.69, 9.17) is 11.6 Å². The first kappa shape index (κ1) is 24.9. The van der Waals surface area contributed by atoms with Crippen molar-refractivity contribution in [2.45, 2.75) is 76.4 Å². The number of carbonyl (C=O) groups is 2. The molecule has 34 heavy (non-hydrogen) atoms. The third kappa shape index (κ3) is 6.05. The Labute approximate surface area is 206 Å². The fraction of sp³-hybridized carbons (Fsp3) is 0.542. The van der Waals surface area contributed by atoms with Crippen LogP contribution in [0.2, 0.25) is 5.02 Å². The molecule has 4 rings (SSSR count). The lowest BCUT2D eigenvalue weighted by atomic mass is 9.97. The highest BCUT2D eigenvalue weighted by molar-refractivity contribution is 7.14. The number of aromatic nitrogens is 1. The number of hydrogen-bond donors (Lipinski definition) is 3. The molecular weight excluding hydrogens is 482 g/mol. The SMILES string of the molecule is Cc1ncc(Cl)cc1N[C@@H](C)c1ccc(C(=O)N[C@@H](CC2CCCC2)C(=O)N[C@@H]2CC2(F)F)s1. The van der Waals surface area contributed by atoms with E-state index in [1.807, 2.05) is 19.9 Å². The molecule has 10 heteroatoms. The highest BCUT2D eigenvalue weighted by Gasteiger charge is 2.58. The second kappa shape index (κ2) is 10.2. The number of amides is 2. The van der Waals surface area contributed by atoms with E-state index >= 15 is 0 Å². The van der Waals surface area contributed by atoms with Gasteiger partial charge in [0.2, 0.25) is 5.91 Å². The fourth-order valence-electron chi connectivity index (χ4n) is 4.35. The zero-order valence-corrected chi connectivity index (χ0v) is 20.7. The molecule has 0 aromatic carbocycles. The van der Waals surface area contributed by atoms with E-state index in [2.05, 4.69) is 20.9 Å². The number of nitrogens with zero attached hydrogens (tertiary/aromatic N) is 1. The summed E-state index contributed by atoms with van der Waals surface area (Å²) >= 11 is 7.37. The summed E-state index contributed by atoms with van der Waals surface area (Å²) in [4.78, 5) is 31.3. The van der Waals surface area contributed by atoms with E-state index in [1.54, 1.807) is 18.3 Å². The molecule has 2 aliphatic rings. The van der Waals surface area contributed by atoms with Gasteiger partial charge >= 0.3 is 0 Å². The van der Waals surface area contributed by atoms with Crippen LogP contribution in [0.5, 0.6) is 0 Å². The van der Waals surface area contributed by atoms with Crippen molar-refractivity contribution in [3.63, 3.8) is 0 Å². The number of alkyl halides is 2. The average molecular weight is 511 g/mol. The molecule has 0 aliphatic heterocycles. The molecule has 6 nitrogen and oxygen atoms in total. The molecule has 3 N–H and O–H groups in total. The maximum Gasteiger partial charge on any atom is 0.270 e. The number of rotatable bonds is 9. The summed E-state index contributed by atoms with van der Waals surface area (Å²) in [5.74, 6) is -3.43. The van der Waals surface area contributed by atoms with Gasteiger partial charge in [0.1, 0.15) is 6.04 Å². The van der Waals surface area contributed by atoms with Gasteiger partial charge in [-0.05, 0) is 44.4 Å². The number of pyridine rings is 1. The molecule has 2 amide bonds. The molecule has 2 aromatic heterocycles. The van der Waals surface area contributed by atoms with Gasteiger partial charge < -0.3 is 16.0 Å². The largest absolute Gasteiger partial charge is 0.376 e. The minimum absolute atomic E-state index is 0.0970. The lowest BCUT2D eigenvalue weighted by molar-refractivity contribution is -0.124. The van der Waals surface area contributed by atoms with Gasteiger partial charge in [0.05, 0.1) is 33.4 Å². The van der Waals surface area contributed by atoms with Crippen LogP contribution in [-0.2, 0) is 4.79 Å². The first-order valence-corrected chi connectivity index (χ1v) is 12.8. The van der Waals surface area contributed by atoms with Gasteiger partial charge in [0.25, 0.3) is 11.8 Å². The number of carbonyl (C=O) groups excluding carboxylic acids is 2. The van der Waals surface area contributed by atoms with Crippen molar-refractivity contribution in [2.24, 2.45) is 5.92 Å². The van der Waals surface area contributed by atoms with Crippen LogP contribution in [0.4, 0.5) is 14.5 Å². The molecule has 2 fully saturated rings. The smallest absolute Gasteiger partial charge is 0.270 e. The Morgan fingerprint density at radius 3 is 2.68 bits per heavy atom. The number of nitrogens with one attached hydrogen (secondary N) is 3. The van der Waals surface area contributed by atoms with Crippen LogP contribution in [-0.4, -0.2) is 34.8 Å². The Kier molecular flexibility index (Phi) is 7.42. The zero-order chi connectivity index (χ0) is 24.5. The lowest BCUT2D eigenvalue weighted by Crippen LogP contribution is -2.48. The Hall–Kier alpha value is -2.26. The molecule has 0 spiro atoms. The van der Waals surface area contributed by atoms with Crippen LogP contribution in [0, 0.1) is 12.8 Å². The molecule has 2 aliphatic carbocycles. The van der Waals surface area contributed by atoms with E-state index in [0.717, 1.165) is 41.9 Å². The Balaban J connectivity index is 1.40. The summed E-state index contributed by atoms with van der Waals surface area (Å²) in [6.45, 7) is 3.85. The van der Waals surface area contributed by atoms with E-state index in [1.165, 1.54) is 11.3 Å². The van der Waals surface area contributed by atoms with Crippen LogP contribution in [0.15, 0.2) is 24.4 Å². The van der Waals surface area contributed by atoms with Crippen molar-refractivity contribution in [1.29, 1.82) is 0 Å². The molecule has 0 saturated heterocycles. The number of anilines is 1. The Bertz CT molecular complexity index is 1060. The molecule has 0 bridgehead atoms. The lowest BCUT2D eigenvalue weighted by Gasteiger charge is -2.21. The Morgan fingerprint density at radius 2 is 2.00 bits per heavy atom. The molecule has 184 valence electrons. The van der Waals surface area contributed by atoms with E-state index in [0.29, 0.717) is 22.2 Å². The summed E-state index contributed by atoms with van der Waals surface area (Å²) in [6.07, 6.45) is 5.87. The second-order valence-electron chi connectivity index (χ2n) is 9.29. The highest BCUT2D eigenvalue weighted by atomic mass is 35.5. The van der Waals surface area contributed by atoms with Crippen molar-refractivity contribution in [1.82, 2.24) is 15.6 Å². The van der Waals surface area contributed by atoms with Crippen LogP contribution in [0.25, 0.3) is 0 Å². The van der Waals surface area contributed by atoms with Crippen LogP contribution in [0.3, 0.4) is 0 Å². The highest BCUT2D eigenvalue weighted by Crippen LogP contribution is 2.41. The Morgan fingerprint density at radius 1 is 1.29 bits per heavy atom. The first-order chi connectivity index (χ1) is 16.1. The molecule has 2 saturated carbocycles. The third-order valence-electron chi connectivity index (χ3n) is 6.51. The average Bonchev–Trinajstić information content (AvgIpc) is 3.22. The van der Waals surface area contributed by atoms with Gasteiger partial charge in [0.15, 0.2) is 0 Å². The summed E-state index contributed by atoms with van der Waals surface area (Å²) in [5, 5.41) is 9.10. The predicted molar refractivity (Wildman–Crippen MR) is 130 cm³/mol. The van der Waals surface area contributed by atoms with E-state index in [9.17, 15) is 18.4 Å². The maximum atomic E-state index is 13.3. The second-order valence-corrected chi connectivity index (χ2v) is 10.8. The number of aryl methyl sites for hydroxylation is 1. The third-order valence-corrected chi connectivity index (χ3v) is 7.98. The molecule has 0 radical (unpaired) electrons. The molecule has 0 unspecified atom stereocenters. The standard InChI is InChI=1S/C24H29ClF2N4O2S/c1-13-17(10-16(25)12-28-13)29-14(2)19-7-8-20(34-19)23(33)30-18(9-15-5-3-4-6-15)22(32)31-21-11-24(21,26)27/h7-8,10,12,14-15,18,21,29H,3-6,9,11H2,1-2H3,(H,30,33)(H,31,32)/t14-,18-,21+/m0/s1. The van der Waals surface area contributed by atoms with Gasteiger partial charge in [-0.1, -0.05) is 37.3 Å². The summed E-state index contributed by atoms with van der Waals surface area (Å²) in [5.41, 5.74) is 1.62. The van der Waals surface area contributed by atoms with E-state index < -0.39 is 23.9 Å².